The van der Waals surface area contributed by atoms with Crippen LogP contribution in [0, 0.1) is 0 Å². The van der Waals surface area contributed by atoms with Gasteiger partial charge in [-0.25, -0.2) is 0 Å². The van der Waals surface area contributed by atoms with Gasteiger partial charge in [-0.2, -0.15) is 0 Å². The van der Waals surface area contributed by atoms with Gasteiger partial charge in [0, 0.05) is 19.8 Å². The van der Waals surface area contributed by atoms with Crippen molar-refractivity contribution in [2.24, 2.45) is 0 Å². The molecule has 2 aliphatic heterocycles. The van der Waals surface area contributed by atoms with E-state index in [2.05, 4.69) is 57.8 Å². The molecule has 3 rings (SSSR count). The van der Waals surface area contributed by atoms with Gasteiger partial charge in [0.2, 0.25) is 0 Å². The molecule has 0 bridgehead atoms. The summed E-state index contributed by atoms with van der Waals surface area (Å²) >= 11 is 0. The lowest BCUT2D eigenvalue weighted by atomic mass is 9.77. The highest BCUT2D eigenvalue weighted by molar-refractivity contribution is 6.62. The summed E-state index contributed by atoms with van der Waals surface area (Å²) in [5.41, 5.74) is 3.07. The normalized spacial score (nSPS) is 26.2. The molecular weight excluding hydrogens is 277 g/mol. The van der Waals surface area contributed by atoms with Crippen LogP contribution < -0.4 is 10.4 Å². The van der Waals surface area contributed by atoms with Gasteiger partial charge < -0.3 is 18.9 Å². The van der Waals surface area contributed by atoms with E-state index >= 15 is 0 Å². The molecule has 1 unspecified atom stereocenters. The van der Waals surface area contributed by atoms with Gasteiger partial charge in [-0.1, -0.05) is 12.1 Å². The smallest absolute Gasteiger partial charge is 0.399 e. The van der Waals surface area contributed by atoms with Gasteiger partial charge in [0.15, 0.2) is 0 Å². The third-order valence-corrected chi connectivity index (χ3v) is 5.37. The van der Waals surface area contributed by atoms with E-state index in [4.69, 9.17) is 14.0 Å². The van der Waals surface area contributed by atoms with Crippen LogP contribution in [0.25, 0.3) is 0 Å². The fourth-order valence-electron chi connectivity index (χ4n) is 3.18. The number of fused-ring (bicyclic) bond motifs is 1. The molecule has 1 saturated heterocycles. The first-order valence-corrected chi connectivity index (χ1v) is 7.99. The number of ether oxygens (including phenoxy) is 1. The molecule has 1 atom stereocenters. The molecule has 0 amide bonds. The molecule has 0 aromatic heterocycles. The minimum absolute atomic E-state index is 0.162. The highest BCUT2D eigenvalue weighted by atomic mass is 16.7. The van der Waals surface area contributed by atoms with E-state index < -0.39 is 0 Å². The van der Waals surface area contributed by atoms with Crippen molar-refractivity contribution in [1.29, 1.82) is 0 Å². The Morgan fingerprint density at radius 3 is 2.41 bits per heavy atom. The predicted molar refractivity (Wildman–Crippen MR) is 89.7 cm³/mol. The lowest BCUT2D eigenvalue weighted by molar-refractivity contribution is 0.00578. The van der Waals surface area contributed by atoms with Gasteiger partial charge in [-0.05, 0) is 57.6 Å². The topological polar surface area (TPSA) is 30.9 Å². The van der Waals surface area contributed by atoms with Crippen molar-refractivity contribution in [3.63, 3.8) is 0 Å². The molecule has 1 aromatic carbocycles. The lowest BCUT2D eigenvalue weighted by Crippen LogP contribution is -2.41. The predicted octanol–water partition coefficient (Wildman–Crippen LogP) is 2.34. The van der Waals surface area contributed by atoms with E-state index in [1.165, 1.54) is 11.3 Å². The van der Waals surface area contributed by atoms with Gasteiger partial charge in [-0.3, -0.25) is 0 Å². The highest BCUT2D eigenvalue weighted by Crippen LogP contribution is 2.37. The Kier molecular flexibility index (Phi) is 3.79. The van der Waals surface area contributed by atoms with Gasteiger partial charge in [0.05, 0.1) is 11.2 Å². The van der Waals surface area contributed by atoms with Crippen molar-refractivity contribution in [1.82, 2.24) is 0 Å². The second-order valence-corrected chi connectivity index (χ2v) is 7.32. The van der Waals surface area contributed by atoms with Crippen LogP contribution in [-0.2, 0) is 20.5 Å². The molecule has 2 aliphatic rings. The molecule has 120 valence electrons. The Morgan fingerprint density at radius 1 is 1.18 bits per heavy atom. The zero-order valence-corrected chi connectivity index (χ0v) is 14.5. The Morgan fingerprint density at radius 2 is 1.82 bits per heavy atom. The number of hydrogen-bond donors (Lipinski definition) is 0. The fraction of sp³-hybridized carbons (Fsp3) is 0.647. The van der Waals surface area contributed by atoms with Crippen LogP contribution in [0.1, 0.15) is 39.7 Å². The Balaban J connectivity index is 1.87. The average molecular weight is 303 g/mol. The van der Waals surface area contributed by atoms with Crippen LogP contribution in [0.5, 0.6) is 0 Å². The van der Waals surface area contributed by atoms with Gasteiger partial charge >= 0.3 is 7.12 Å². The summed E-state index contributed by atoms with van der Waals surface area (Å²) in [6, 6.07) is 6.48. The van der Waals surface area contributed by atoms with Crippen LogP contribution in [0.3, 0.4) is 0 Å². The van der Waals surface area contributed by atoms with Crippen molar-refractivity contribution in [2.45, 2.75) is 58.0 Å². The summed E-state index contributed by atoms with van der Waals surface area (Å²) in [7, 11) is 3.56. The molecule has 5 heteroatoms. The van der Waals surface area contributed by atoms with E-state index in [-0.39, 0.29) is 24.5 Å². The molecule has 4 nitrogen and oxygen atoms in total. The number of hydrogen-bond acceptors (Lipinski definition) is 4. The third kappa shape index (κ3) is 2.45. The van der Waals surface area contributed by atoms with E-state index in [1.807, 2.05) is 0 Å². The largest absolute Gasteiger partial charge is 0.494 e. The molecule has 0 N–H and O–H groups in total. The van der Waals surface area contributed by atoms with E-state index in [1.54, 1.807) is 7.11 Å². The Bertz CT molecular complexity index is 557. The number of nitrogens with zero attached hydrogens (tertiary/aromatic N) is 1. The number of benzene rings is 1. The molecule has 0 saturated carbocycles. The number of anilines is 1. The summed E-state index contributed by atoms with van der Waals surface area (Å²) in [4.78, 5) is 2.20. The molecular formula is C17H26BNO3. The molecule has 1 fully saturated rings. The van der Waals surface area contributed by atoms with Crippen LogP contribution in [-0.4, -0.2) is 38.7 Å². The summed E-state index contributed by atoms with van der Waals surface area (Å²) in [6.07, 6.45) is 2.19. The number of methoxy groups -OCH3 is 1. The molecule has 0 radical (unpaired) electrons. The van der Waals surface area contributed by atoms with E-state index in [0.717, 1.165) is 18.3 Å². The van der Waals surface area contributed by atoms with Crippen LogP contribution in [0.4, 0.5) is 5.69 Å². The molecule has 22 heavy (non-hydrogen) atoms. The molecule has 1 aromatic rings. The zero-order valence-electron chi connectivity index (χ0n) is 14.5. The highest BCUT2D eigenvalue weighted by Gasteiger charge is 2.51. The molecule has 2 heterocycles. The van der Waals surface area contributed by atoms with Crippen molar-refractivity contribution < 1.29 is 14.0 Å². The standard InChI is InChI=1S/C17H26BNO3/c1-16(2)17(3,4)22-18(21-16)13-8-9-14-12(11-13)7-10-15(20-6)19(14)5/h8-9,11,15H,7,10H2,1-6H3. The number of rotatable bonds is 2. The first-order chi connectivity index (χ1) is 10.2. The lowest BCUT2D eigenvalue weighted by Gasteiger charge is -2.35. The zero-order chi connectivity index (χ0) is 16.1. The Labute approximate surface area is 133 Å². The molecule has 0 aliphatic carbocycles. The van der Waals surface area contributed by atoms with Gasteiger partial charge in [0.1, 0.15) is 6.23 Å². The average Bonchev–Trinajstić information content (AvgIpc) is 2.67. The van der Waals surface area contributed by atoms with Crippen LogP contribution >= 0.6 is 0 Å². The van der Waals surface area contributed by atoms with Crippen molar-refractivity contribution in [2.75, 3.05) is 19.1 Å². The molecule has 0 spiro atoms. The maximum Gasteiger partial charge on any atom is 0.494 e. The maximum absolute atomic E-state index is 6.15. The van der Waals surface area contributed by atoms with Gasteiger partial charge in [0.25, 0.3) is 0 Å². The quantitative estimate of drug-likeness (QED) is 0.785. The third-order valence-electron chi connectivity index (χ3n) is 5.37. The monoisotopic (exact) mass is 303 g/mol. The van der Waals surface area contributed by atoms with Crippen molar-refractivity contribution in [3.8, 4) is 0 Å². The summed E-state index contributed by atoms with van der Waals surface area (Å²) in [5, 5.41) is 0. The minimum atomic E-state index is -0.300. The first-order valence-electron chi connectivity index (χ1n) is 7.99. The van der Waals surface area contributed by atoms with E-state index in [9.17, 15) is 0 Å². The second-order valence-electron chi connectivity index (χ2n) is 7.32. The summed E-state index contributed by atoms with van der Waals surface area (Å²) < 4.78 is 17.8. The second kappa shape index (κ2) is 5.26. The Hall–Kier alpha value is -1.04. The first kappa shape index (κ1) is 15.8. The number of aryl methyl sites for hydroxylation is 1. The summed E-state index contributed by atoms with van der Waals surface area (Å²) in [5.74, 6) is 0. The summed E-state index contributed by atoms with van der Waals surface area (Å²) in [6.45, 7) is 8.34. The van der Waals surface area contributed by atoms with Gasteiger partial charge in [-0.15, -0.1) is 0 Å². The van der Waals surface area contributed by atoms with E-state index in [0.29, 0.717) is 0 Å². The maximum atomic E-state index is 6.15. The van der Waals surface area contributed by atoms with Crippen LogP contribution in [0.2, 0.25) is 0 Å². The SMILES string of the molecule is COC1CCc2cc(B3OC(C)(C)C(C)(C)O3)ccc2N1C. The minimum Gasteiger partial charge on any atom is -0.399 e. The van der Waals surface area contributed by atoms with Crippen molar-refractivity contribution >= 4 is 18.3 Å². The van der Waals surface area contributed by atoms with Crippen LogP contribution in [0.15, 0.2) is 18.2 Å². The fourth-order valence-corrected chi connectivity index (χ4v) is 3.18. The van der Waals surface area contributed by atoms with Crippen molar-refractivity contribution in [3.05, 3.63) is 23.8 Å².